The first-order valence-electron chi connectivity index (χ1n) is 22.7. The van der Waals surface area contributed by atoms with Crippen LogP contribution in [0.25, 0.3) is 59.4 Å². The second kappa shape index (κ2) is 13.0. The fourth-order valence-corrected chi connectivity index (χ4v) is 13.3. The van der Waals surface area contributed by atoms with Crippen molar-refractivity contribution in [1.29, 1.82) is 5.26 Å². The predicted octanol–water partition coefficient (Wildman–Crippen LogP) is 15.8. The number of benzene rings is 8. The van der Waals surface area contributed by atoms with Crippen molar-refractivity contribution in [2.45, 2.75) is 101 Å². The highest BCUT2D eigenvalue weighted by Gasteiger charge is 2.59. The molecule has 8 aromatic rings. The number of nitriles is 1. The predicted molar refractivity (Wildman–Crippen MR) is 258 cm³/mol. The number of hydrogen-bond acceptors (Lipinski definition) is 3. The normalized spacial score (nSPS) is 25.1. The molecule has 0 spiro atoms. The van der Waals surface area contributed by atoms with Crippen LogP contribution in [-0.2, 0) is 10.8 Å². The zero-order valence-corrected chi connectivity index (χ0v) is 36.1. The number of anilines is 4. The lowest BCUT2D eigenvalue weighted by Crippen LogP contribution is -2.54. The smallest absolute Gasteiger partial charge is 0.187 e. The third-order valence-electron chi connectivity index (χ3n) is 17.0. The summed E-state index contributed by atoms with van der Waals surface area (Å²) in [5.74, 6) is 0. The van der Waals surface area contributed by atoms with E-state index < -0.39 is 0 Å². The Morgan fingerprint density at radius 1 is 0.516 bits per heavy atom. The molecule has 0 N–H and O–H groups in total. The van der Waals surface area contributed by atoms with Crippen molar-refractivity contribution in [1.82, 2.24) is 0 Å². The highest BCUT2D eigenvalue weighted by atomic mass is 15.3. The molecule has 2 heterocycles. The maximum absolute atomic E-state index is 9.56. The molecule has 2 saturated carbocycles. The summed E-state index contributed by atoms with van der Waals surface area (Å²) >= 11 is 0. The average Bonchev–Trinajstić information content (AvgIpc) is 3.65. The van der Waals surface area contributed by atoms with Crippen molar-refractivity contribution in [2.24, 2.45) is 0 Å². The van der Waals surface area contributed by atoms with E-state index in [1.54, 1.807) is 0 Å². The van der Waals surface area contributed by atoms with E-state index in [0.29, 0.717) is 11.3 Å². The van der Waals surface area contributed by atoms with Crippen molar-refractivity contribution >= 4 is 60.8 Å². The van der Waals surface area contributed by atoms with Crippen LogP contribution in [0.3, 0.4) is 0 Å². The third-order valence-corrected chi connectivity index (χ3v) is 17.0. The van der Waals surface area contributed by atoms with Crippen LogP contribution in [0.15, 0.2) is 133 Å². The summed E-state index contributed by atoms with van der Waals surface area (Å²) in [5.41, 5.74) is 14.2. The van der Waals surface area contributed by atoms with Gasteiger partial charge in [0.05, 0.1) is 29.3 Å². The minimum atomic E-state index is -0.0626. The Morgan fingerprint density at radius 3 is 1.40 bits per heavy atom. The molecule has 0 bridgehead atoms. The van der Waals surface area contributed by atoms with Crippen LogP contribution in [0.2, 0.25) is 0 Å². The summed E-state index contributed by atoms with van der Waals surface area (Å²) in [6.07, 6.45) is 9.50. The van der Waals surface area contributed by atoms with E-state index in [9.17, 15) is 5.26 Å². The molecule has 0 amide bonds. The van der Waals surface area contributed by atoms with Crippen LogP contribution in [0.5, 0.6) is 0 Å². The van der Waals surface area contributed by atoms with Gasteiger partial charge >= 0.3 is 0 Å². The molecule has 12 rings (SSSR count). The molecule has 4 atom stereocenters. The minimum absolute atomic E-state index is 0.00517. The van der Waals surface area contributed by atoms with Crippen LogP contribution >= 0.6 is 0 Å². The van der Waals surface area contributed by atoms with Gasteiger partial charge in [0, 0.05) is 33.6 Å². The minimum Gasteiger partial charge on any atom is -0.335 e. The first kappa shape index (κ1) is 37.2. The standard InChI is InChI=1S/C58H50N4/c1-55-30-6-8-32-57(55,3)61(43-20-10-37(36-59)11-21-43)51-28-16-40(34-49(51)55)45-24-12-38-15-27-48-46(25-13-39-14-26-47(45)53(38)54(39)48)41-17-29-52-50(35-41)56(2)31-7-9-33-58(56,4)62(52)44-22-18-42(60-5)19-23-44/h10-29,34-35H,6-9,30-33H2,1-4H3. The molecule has 62 heavy (non-hydrogen) atoms. The molecule has 0 saturated heterocycles. The van der Waals surface area contributed by atoms with E-state index >= 15 is 0 Å². The Morgan fingerprint density at radius 2 is 0.952 bits per heavy atom. The average molecular weight is 803 g/mol. The lowest BCUT2D eigenvalue weighted by Gasteiger charge is -2.50. The summed E-state index contributed by atoms with van der Waals surface area (Å²) in [5, 5.41) is 17.4. The zero-order valence-electron chi connectivity index (χ0n) is 36.1. The molecular weight excluding hydrogens is 753 g/mol. The van der Waals surface area contributed by atoms with Crippen molar-refractivity contribution in [2.75, 3.05) is 9.80 Å². The second-order valence-electron chi connectivity index (χ2n) is 19.7. The largest absolute Gasteiger partial charge is 0.335 e. The van der Waals surface area contributed by atoms with E-state index in [4.69, 9.17) is 6.57 Å². The van der Waals surface area contributed by atoms with Gasteiger partial charge in [-0.15, -0.1) is 0 Å². The molecule has 4 nitrogen and oxygen atoms in total. The first-order valence-corrected chi connectivity index (χ1v) is 22.7. The topological polar surface area (TPSA) is 34.6 Å². The van der Waals surface area contributed by atoms with Crippen LogP contribution in [0, 0.1) is 17.9 Å². The van der Waals surface area contributed by atoms with Gasteiger partial charge in [-0.25, -0.2) is 4.85 Å². The molecule has 302 valence electrons. The van der Waals surface area contributed by atoms with Crippen molar-refractivity contribution in [3.05, 3.63) is 162 Å². The van der Waals surface area contributed by atoms with Gasteiger partial charge in [-0.1, -0.05) is 112 Å². The van der Waals surface area contributed by atoms with Crippen molar-refractivity contribution in [3.8, 4) is 28.3 Å². The van der Waals surface area contributed by atoms with Crippen molar-refractivity contribution < 1.29 is 0 Å². The van der Waals surface area contributed by atoms with Gasteiger partial charge in [-0.2, -0.15) is 5.26 Å². The Kier molecular flexibility index (Phi) is 7.76. The summed E-state index contributed by atoms with van der Waals surface area (Å²) in [7, 11) is 0. The van der Waals surface area contributed by atoms with E-state index in [1.165, 1.54) is 114 Å². The van der Waals surface area contributed by atoms with E-state index in [1.807, 2.05) is 24.3 Å². The zero-order chi connectivity index (χ0) is 42.2. The number of rotatable bonds is 4. The lowest BCUT2D eigenvalue weighted by molar-refractivity contribution is 0.195. The van der Waals surface area contributed by atoms with Gasteiger partial charge in [-0.05, 0) is 166 Å². The summed E-state index contributed by atoms with van der Waals surface area (Å²) in [6, 6.07) is 52.0. The number of nitrogens with zero attached hydrogens (tertiary/aromatic N) is 4. The van der Waals surface area contributed by atoms with Gasteiger partial charge in [0.15, 0.2) is 5.69 Å². The molecule has 8 aromatic carbocycles. The monoisotopic (exact) mass is 802 g/mol. The number of fused-ring (bicyclic) bond motifs is 6. The molecule has 2 aliphatic carbocycles. The maximum atomic E-state index is 9.56. The van der Waals surface area contributed by atoms with E-state index in [2.05, 4.69) is 158 Å². The van der Waals surface area contributed by atoms with Gasteiger partial charge in [0.2, 0.25) is 0 Å². The highest BCUT2D eigenvalue weighted by Crippen LogP contribution is 2.63. The van der Waals surface area contributed by atoms with E-state index in [0.717, 1.165) is 25.7 Å². The van der Waals surface area contributed by atoms with Gasteiger partial charge in [-0.3, -0.25) is 0 Å². The van der Waals surface area contributed by atoms with Crippen LogP contribution in [0.4, 0.5) is 28.4 Å². The quantitative estimate of drug-likeness (QED) is 0.131. The Hall–Kier alpha value is -6.62. The molecule has 4 aliphatic rings. The van der Waals surface area contributed by atoms with Crippen molar-refractivity contribution in [3.63, 3.8) is 0 Å². The third kappa shape index (κ3) is 4.76. The first-order chi connectivity index (χ1) is 30.1. The summed E-state index contributed by atoms with van der Waals surface area (Å²) in [6.45, 7) is 17.5. The second-order valence-corrected chi connectivity index (χ2v) is 19.7. The fraction of sp³-hybridized carbons (Fsp3) is 0.276. The highest BCUT2D eigenvalue weighted by molar-refractivity contribution is 6.27. The van der Waals surface area contributed by atoms with Gasteiger partial charge in [0.1, 0.15) is 0 Å². The molecule has 0 radical (unpaired) electrons. The Labute approximate surface area is 365 Å². The molecule has 4 heteroatoms. The summed E-state index contributed by atoms with van der Waals surface area (Å²) < 4.78 is 0. The van der Waals surface area contributed by atoms with Crippen LogP contribution < -0.4 is 9.80 Å². The maximum Gasteiger partial charge on any atom is 0.187 e. The van der Waals surface area contributed by atoms with Gasteiger partial charge in [0.25, 0.3) is 0 Å². The Balaban J connectivity index is 0.998. The molecule has 4 unspecified atom stereocenters. The van der Waals surface area contributed by atoms with Crippen LogP contribution in [0.1, 0.15) is 95.8 Å². The van der Waals surface area contributed by atoms with Gasteiger partial charge < -0.3 is 9.80 Å². The fourth-order valence-electron chi connectivity index (χ4n) is 13.3. The lowest BCUT2D eigenvalue weighted by atomic mass is 9.61. The van der Waals surface area contributed by atoms with E-state index in [-0.39, 0.29) is 21.9 Å². The molecule has 2 fully saturated rings. The van der Waals surface area contributed by atoms with Crippen LogP contribution in [-0.4, -0.2) is 11.1 Å². The molecule has 2 aliphatic heterocycles. The molecular formula is C58H50N4. The number of hydrogen-bond donors (Lipinski definition) is 0. The Bertz CT molecular complexity index is 3020. The summed E-state index contributed by atoms with van der Waals surface area (Å²) in [4.78, 5) is 8.88. The molecule has 0 aromatic heterocycles. The SMILES string of the molecule is [C-]#[N+]c1ccc(N2c3ccc(-c4ccc5ccc6c(-c7ccc8c(c7)C7(C)CCCCC7(C)N8c7ccc(C#N)cc7)ccc7ccc4c5c76)cc3C3(C)CCCCC23C)cc1.